The number of aliphatic hydroxyl groups is 1. The molecular weight excluding hydrogens is 626 g/mol. The van der Waals surface area contributed by atoms with E-state index in [1.54, 1.807) is 33.2 Å². The molecule has 16 heteroatoms. The van der Waals surface area contributed by atoms with Crippen molar-refractivity contribution >= 4 is 58.4 Å². The fraction of sp³-hybridized carbons (Fsp3) is 0.483. The number of amides is 2. The van der Waals surface area contributed by atoms with Gasteiger partial charge in [0.25, 0.3) is 5.69 Å². The number of nitro groups is 1. The van der Waals surface area contributed by atoms with Crippen LogP contribution in [0.4, 0.5) is 11.5 Å². The summed E-state index contributed by atoms with van der Waals surface area (Å²) in [5.74, 6) is -4.39. The molecule has 0 saturated carbocycles. The fourth-order valence-corrected chi connectivity index (χ4v) is 7.12. The maximum Gasteiger partial charge on any atom is 0.356 e. The van der Waals surface area contributed by atoms with E-state index in [-0.39, 0.29) is 36.3 Å². The van der Waals surface area contributed by atoms with Gasteiger partial charge in [0.1, 0.15) is 29.6 Å². The van der Waals surface area contributed by atoms with Crippen LogP contribution in [-0.2, 0) is 35.3 Å². The molecule has 1 fully saturated rings. The Kier molecular flexibility index (Phi) is 10.3. The van der Waals surface area contributed by atoms with Crippen LogP contribution < -0.4 is 10.6 Å². The van der Waals surface area contributed by atoms with Crippen LogP contribution in [0.2, 0.25) is 0 Å². The minimum atomic E-state index is -1.12. The number of aromatic nitrogens is 1. The second-order valence-electron chi connectivity index (χ2n) is 11.7. The summed E-state index contributed by atoms with van der Waals surface area (Å²) in [5, 5.41) is 28.3. The Morgan fingerprint density at radius 2 is 1.91 bits per heavy atom. The minimum absolute atomic E-state index is 0.0427. The summed E-state index contributed by atoms with van der Waals surface area (Å²) >= 11 is 2.34. The zero-order valence-electron chi connectivity index (χ0n) is 25.6. The Morgan fingerprint density at radius 1 is 1.24 bits per heavy atom. The van der Waals surface area contributed by atoms with Gasteiger partial charge in [-0.3, -0.25) is 24.5 Å². The summed E-state index contributed by atoms with van der Waals surface area (Å²) in [6, 6.07) is 5.09. The van der Waals surface area contributed by atoms with E-state index in [1.165, 1.54) is 47.4 Å². The number of nitrogens with one attached hydrogen (secondary N) is 2. The second-order valence-corrected chi connectivity index (χ2v) is 13.8. The average Bonchev–Trinajstić information content (AvgIpc) is 3.49. The number of carbonyl (C=O) groups excluding carboxylic acids is 4. The van der Waals surface area contributed by atoms with E-state index in [9.17, 15) is 34.4 Å². The highest BCUT2D eigenvalue weighted by Crippen LogP contribution is 2.52. The van der Waals surface area contributed by atoms with Gasteiger partial charge in [0.15, 0.2) is 4.34 Å². The molecule has 0 bridgehead atoms. The average molecular weight is 662 g/mol. The van der Waals surface area contributed by atoms with Gasteiger partial charge in [-0.15, -0.1) is 11.3 Å². The van der Waals surface area contributed by atoms with Crippen molar-refractivity contribution in [1.82, 2.24) is 15.2 Å². The van der Waals surface area contributed by atoms with Gasteiger partial charge in [-0.05, 0) is 52.4 Å². The molecule has 2 amide bonds. The number of ether oxygens (including phenoxy) is 2. The minimum Gasteiger partial charge on any atom is -0.459 e. The molecule has 2 aromatic rings. The zero-order valence-corrected chi connectivity index (χ0v) is 27.2. The van der Waals surface area contributed by atoms with Crippen molar-refractivity contribution in [3.05, 3.63) is 55.9 Å². The number of nitro benzene ring substituents is 1. The fourth-order valence-electron chi connectivity index (χ4n) is 5.11. The van der Waals surface area contributed by atoms with Crippen molar-refractivity contribution in [2.75, 3.05) is 18.9 Å². The van der Waals surface area contributed by atoms with Crippen molar-refractivity contribution < 1.29 is 38.7 Å². The quantitative estimate of drug-likeness (QED) is 0.0992. The van der Waals surface area contributed by atoms with Crippen LogP contribution in [0, 0.1) is 27.9 Å². The smallest absolute Gasteiger partial charge is 0.356 e. The Morgan fingerprint density at radius 3 is 2.49 bits per heavy atom. The van der Waals surface area contributed by atoms with Crippen LogP contribution in [0.3, 0.4) is 0 Å². The third-order valence-corrected chi connectivity index (χ3v) is 9.39. The van der Waals surface area contributed by atoms with E-state index in [2.05, 4.69) is 15.6 Å². The largest absolute Gasteiger partial charge is 0.459 e. The Balaban J connectivity index is 1.53. The number of benzene rings is 1. The second kappa shape index (κ2) is 13.6. The van der Waals surface area contributed by atoms with Crippen LogP contribution in [-0.4, -0.2) is 75.0 Å². The SMILES string of the molecule is CNCC(C(=O)Nc1csc(SC2=C(C(=O)OCc3ccc([N+](=O)[O-])cc3)N3C(=O)[C@H]([C@@H](C)O)[C@H]3[C@H]2C)n1)C(=O)OC(C)(C)C. The predicted molar refractivity (Wildman–Crippen MR) is 165 cm³/mol. The molecule has 3 N–H and O–H groups in total. The lowest BCUT2D eigenvalue weighted by molar-refractivity contribution is -0.384. The van der Waals surface area contributed by atoms with Gasteiger partial charge in [0.05, 0.1) is 23.0 Å². The van der Waals surface area contributed by atoms with Crippen LogP contribution in [0.5, 0.6) is 0 Å². The molecule has 0 aliphatic carbocycles. The molecule has 45 heavy (non-hydrogen) atoms. The first-order chi connectivity index (χ1) is 21.1. The zero-order chi connectivity index (χ0) is 33.2. The summed E-state index contributed by atoms with van der Waals surface area (Å²) in [6.07, 6.45) is -0.930. The molecule has 3 heterocycles. The number of thioether (sulfide) groups is 1. The Bertz CT molecular complexity index is 1520. The topological polar surface area (TPSA) is 190 Å². The molecule has 14 nitrogen and oxygen atoms in total. The van der Waals surface area contributed by atoms with E-state index in [0.29, 0.717) is 14.8 Å². The Labute approximate surface area is 267 Å². The third-order valence-electron chi connectivity index (χ3n) is 7.17. The Hall–Kier alpha value is -3.86. The van der Waals surface area contributed by atoms with E-state index in [1.807, 2.05) is 6.92 Å². The third kappa shape index (κ3) is 7.52. The molecule has 5 atom stereocenters. The summed E-state index contributed by atoms with van der Waals surface area (Å²) in [7, 11) is 1.61. The highest BCUT2D eigenvalue weighted by molar-refractivity contribution is 8.04. The molecule has 1 saturated heterocycles. The number of hydrogen-bond donors (Lipinski definition) is 3. The molecule has 1 aromatic carbocycles. The normalized spacial score (nSPS) is 20.6. The monoisotopic (exact) mass is 661 g/mol. The number of carbonyl (C=O) groups is 4. The molecule has 0 radical (unpaired) electrons. The van der Waals surface area contributed by atoms with Gasteiger partial charge in [-0.2, -0.15) is 0 Å². The number of fused-ring (bicyclic) bond motifs is 1. The lowest BCUT2D eigenvalue weighted by atomic mass is 9.79. The van der Waals surface area contributed by atoms with Crippen LogP contribution >= 0.6 is 23.1 Å². The number of nitrogens with zero attached hydrogens (tertiary/aromatic N) is 3. The van der Waals surface area contributed by atoms with Crippen LogP contribution in [0.1, 0.15) is 40.2 Å². The number of non-ortho nitro benzene ring substituents is 1. The van der Waals surface area contributed by atoms with E-state index in [4.69, 9.17) is 9.47 Å². The van der Waals surface area contributed by atoms with Crippen molar-refractivity contribution in [2.24, 2.45) is 17.8 Å². The first kappa shape index (κ1) is 34.0. The first-order valence-electron chi connectivity index (χ1n) is 14.1. The molecule has 242 valence electrons. The maximum absolute atomic E-state index is 13.4. The number of β-lactam (4-membered cyclic amide) rings is 1. The lowest BCUT2D eigenvalue weighted by Crippen LogP contribution is -2.63. The number of esters is 2. The van der Waals surface area contributed by atoms with Gasteiger partial charge in [0, 0.05) is 34.9 Å². The van der Waals surface area contributed by atoms with Crippen molar-refractivity contribution in [3.8, 4) is 0 Å². The summed E-state index contributed by atoms with van der Waals surface area (Å²) < 4.78 is 11.4. The molecule has 2 aliphatic heterocycles. The van der Waals surface area contributed by atoms with Crippen molar-refractivity contribution in [1.29, 1.82) is 0 Å². The predicted octanol–water partition coefficient (Wildman–Crippen LogP) is 3.07. The van der Waals surface area contributed by atoms with Gasteiger partial charge in [-0.25, -0.2) is 9.78 Å². The molecular formula is C29H35N5O9S2. The number of thiazole rings is 1. The molecule has 2 aliphatic rings. The van der Waals surface area contributed by atoms with Crippen molar-refractivity contribution in [3.63, 3.8) is 0 Å². The van der Waals surface area contributed by atoms with E-state index in [0.717, 1.165) is 11.8 Å². The van der Waals surface area contributed by atoms with E-state index >= 15 is 0 Å². The van der Waals surface area contributed by atoms with Gasteiger partial charge in [0.2, 0.25) is 11.8 Å². The molecule has 1 aromatic heterocycles. The molecule has 1 unspecified atom stereocenters. The molecule has 4 rings (SSSR count). The number of hydrogen-bond acceptors (Lipinski definition) is 13. The maximum atomic E-state index is 13.4. The van der Waals surface area contributed by atoms with Gasteiger partial charge >= 0.3 is 11.9 Å². The number of aliphatic hydroxyl groups excluding tert-OH is 1. The summed E-state index contributed by atoms with van der Waals surface area (Å²) in [6.45, 7) is 8.37. The molecule has 0 spiro atoms. The number of rotatable bonds is 12. The first-order valence-corrected chi connectivity index (χ1v) is 15.8. The lowest BCUT2D eigenvalue weighted by Gasteiger charge is -2.46. The number of anilines is 1. The highest BCUT2D eigenvalue weighted by atomic mass is 32.2. The highest BCUT2D eigenvalue weighted by Gasteiger charge is 2.60. The van der Waals surface area contributed by atoms with Gasteiger partial charge < -0.3 is 30.1 Å². The van der Waals surface area contributed by atoms with Crippen molar-refractivity contribution in [2.45, 2.75) is 63.3 Å². The van der Waals surface area contributed by atoms with Crippen LogP contribution in [0.25, 0.3) is 0 Å². The van der Waals surface area contributed by atoms with Crippen LogP contribution in [0.15, 0.2) is 44.6 Å². The van der Waals surface area contributed by atoms with E-state index < -0.39 is 58.3 Å². The summed E-state index contributed by atoms with van der Waals surface area (Å²) in [4.78, 5) is 68.8. The standard InChI is InChI=1S/C29H35N5O9S2/c1-14-21-20(15(2)35)25(37)33(21)22(27(39)42-12-16-7-9-17(10-8-16)34(40)41)23(14)45-28-32-19(13-44-28)31-24(36)18(11-30-6)26(38)43-29(3,4)5/h7-10,13-15,18,20-21,30,35H,11-12H2,1-6H3,(H,31,36)/t14-,15-,18?,20-,21-/m1/s1. The van der Waals surface area contributed by atoms with Gasteiger partial charge in [-0.1, -0.05) is 18.7 Å². The summed E-state index contributed by atoms with van der Waals surface area (Å²) in [5.41, 5.74) is -0.313.